The number of hydrogen-bond acceptors (Lipinski definition) is 5. The van der Waals surface area contributed by atoms with E-state index in [2.05, 4.69) is 0 Å². The van der Waals surface area contributed by atoms with Crippen molar-refractivity contribution in [3.05, 3.63) is 82.1 Å². The van der Waals surface area contributed by atoms with E-state index in [1.54, 1.807) is 12.1 Å². The van der Waals surface area contributed by atoms with Crippen molar-refractivity contribution in [1.29, 1.82) is 0 Å². The minimum Gasteiger partial charge on any atom is -0.511 e. The highest BCUT2D eigenvalue weighted by atomic mass is 19.1. The Balaban J connectivity index is 1.90. The zero-order chi connectivity index (χ0) is 27.1. The Morgan fingerprint density at radius 2 is 1.49 bits per heavy atom. The molecule has 0 amide bonds. The highest BCUT2D eigenvalue weighted by molar-refractivity contribution is 6.04. The van der Waals surface area contributed by atoms with Crippen LogP contribution in [0.5, 0.6) is 11.5 Å². The molecule has 0 aromatic heterocycles. The molecule has 0 radical (unpaired) electrons. The standard InChI is InChI=1S/C31H37FO5/c1-5-8-24(27(33)9-6-2)30(35)29(28(34)10-7-3)31(36)26-18-25(26)23-16-15-22(17-19(23)4)37-21-13-11-20(32)12-14-21/h11-17,25-26,35-36H,5-10,18H2,1-4H3. The summed E-state index contributed by atoms with van der Waals surface area (Å²) in [7, 11) is 0. The number of Topliss-reactive ketones (excluding diaryl/α,β-unsaturated/α-hetero) is 2. The normalized spacial score (nSPS) is 18.1. The van der Waals surface area contributed by atoms with Crippen LogP contribution in [0.2, 0.25) is 0 Å². The number of rotatable bonds is 13. The highest BCUT2D eigenvalue weighted by Crippen LogP contribution is 2.53. The molecular weight excluding hydrogens is 471 g/mol. The van der Waals surface area contributed by atoms with Crippen molar-refractivity contribution >= 4 is 11.6 Å². The number of benzene rings is 2. The Bertz CT molecular complexity index is 1190. The molecule has 5 nitrogen and oxygen atoms in total. The second kappa shape index (κ2) is 12.7. The van der Waals surface area contributed by atoms with E-state index in [-0.39, 0.29) is 64.7 Å². The maximum Gasteiger partial charge on any atom is 0.170 e. The molecule has 1 saturated carbocycles. The summed E-state index contributed by atoms with van der Waals surface area (Å²) in [6, 6.07) is 11.4. The average molecular weight is 509 g/mol. The Morgan fingerprint density at radius 1 is 0.892 bits per heavy atom. The average Bonchev–Trinajstić information content (AvgIpc) is 3.65. The number of allylic oxidation sites excluding steroid dienone is 3. The lowest BCUT2D eigenvalue weighted by atomic mass is 9.93. The number of hydrogen-bond donors (Lipinski definition) is 2. The van der Waals surface area contributed by atoms with Gasteiger partial charge in [-0.1, -0.05) is 33.3 Å². The molecule has 6 heteroatoms. The molecule has 1 aliphatic rings. The quantitative estimate of drug-likeness (QED) is 0.162. The van der Waals surface area contributed by atoms with Gasteiger partial charge >= 0.3 is 0 Å². The third-order valence-corrected chi connectivity index (χ3v) is 6.68. The van der Waals surface area contributed by atoms with E-state index in [9.17, 15) is 24.2 Å². The first-order valence-electron chi connectivity index (χ1n) is 13.2. The number of carbonyl (C=O) groups excluding carboxylic acids is 2. The maximum absolute atomic E-state index is 13.2. The molecule has 1 fully saturated rings. The van der Waals surface area contributed by atoms with Gasteiger partial charge in [0.1, 0.15) is 28.8 Å². The number of carbonyl (C=O) groups is 2. The van der Waals surface area contributed by atoms with Gasteiger partial charge < -0.3 is 14.9 Å². The van der Waals surface area contributed by atoms with Gasteiger partial charge in [-0.2, -0.15) is 0 Å². The predicted molar refractivity (Wildman–Crippen MR) is 143 cm³/mol. The summed E-state index contributed by atoms with van der Waals surface area (Å²) >= 11 is 0. The van der Waals surface area contributed by atoms with Gasteiger partial charge in [0, 0.05) is 24.3 Å². The lowest BCUT2D eigenvalue weighted by molar-refractivity contribution is -0.115. The maximum atomic E-state index is 13.2. The van der Waals surface area contributed by atoms with Crippen molar-refractivity contribution in [3.63, 3.8) is 0 Å². The summed E-state index contributed by atoms with van der Waals surface area (Å²) in [5.41, 5.74) is 2.11. The lowest BCUT2D eigenvalue weighted by Crippen LogP contribution is -2.15. The van der Waals surface area contributed by atoms with Crippen molar-refractivity contribution in [2.75, 3.05) is 0 Å². The molecule has 0 saturated heterocycles. The first-order chi connectivity index (χ1) is 17.7. The van der Waals surface area contributed by atoms with Gasteiger partial charge in [-0.3, -0.25) is 9.59 Å². The third kappa shape index (κ3) is 6.88. The van der Waals surface area contributed by atoms with Gasteiger partial charge in [-0.25, -0.2) is 4.39 Å². The third-order valence-electron chi connectivity index (χ3n) is 6.68. The number of halogens is 1. The summed E-state index contributed by atoms with van der Waals surface area (Å²) in [6.45, 7) is 7.61. The van der Waals surface area contributed by atoms with Gasteiger partial charge in [0.2, 0.25) is 0 Å². The second-order valence-electron chi connectivity index (χ2n) is 9.71. The van der Waals surface area contributed by atoms with Crippen LogP contribution in [0.25, 0.3) is 0 Å². The van der Waals surface area contributed by atoms with E-state index in [4.69, 9.17) is 4.74 Å². The first-order valence-corrected chi connectivity index (χ1v) is 13.2. The number of ketones is 2. The number of ether oxygens (including phenoxy) is 1. The summed E-state index contributed by atoms with van der Waals surface area (Å²) in [5.74, 6) is -0.546. The van der Waals surface area contributed by atoms with Gasteiger partial charge in [0.05, 0.1) is 5.57 Å². The summed E-state index contributed by atoms with van der Waals surface area (Å²) in [4.78, 5) is 25.7. The molecule has 2 N–H and O–H groups in total. The van der Waals surface area contributed by atoms with E-state index in [0.29, 0.717) is 43.6 Å². The minimum atomic E-state index is -0.360. The van der Waals surface area contributed by atoms with E-state index < -0.39 is 0 Å². The van der Waals surface area contributed by atoms with Crippen LogP contribution < -0.4 is 4.74 Å². The Morgan fingerprint density at radius 3 is 2.08 bits per heavy atom. The van der Waals surface area contributed by atoms with Gasteiger partial charge in [0.25, 0.3) is 0 Å². The van der Waals surface area contributed by atoms with Crippen molar-refractivity contribution in [2.24, 2.45) is 5.92 Å². The number of aliphatic hydroxyl groups is 2. The van der Waals surface area contributed by atoms with Crippen molar-refractivity contribution in [2.45, 2.75) is 78.6 Å². The Hall–Kier alpha value is -3.41. The zero-order valence-electron chi connectivity index (χ0n) is 22.1. The second-order valence-corrected chi connectivity index (χ2v) is 9.71. The molecule has 2 aromatic carbocycles. The van der Waals surface area contributed by atoms with Crippen LogP contribution in [0.1, 0.15) is 82.8 Å². The summed E-state index contributed by atoms with van der Waals surface area (Å²) in [5, 5.41) is 22.4. The largest absolute Gasteiger partial charge is 0.511 e. The zero-order valence-corrected chi connectivity index (χ0v) is 22.1. The fourth-order valence-electron chi connectivity index (χ4n) is 4.71. The SMILES string of the molecule is CCCC(=O)C(CCC)=C(O)C(C(=O)CCC)=C(O)C1CC1c1ccc(Oc2ccc(F)cc2)cc1C. The smallest absolute Gasteiger partial charge is 0.170 e. The fourth-order valence-corrected chi connectivity index (χ4v) is 4.71. The molecule has 2 unspecified atom stereocenters. The molecule has 198 valence electrons. The predicted octanol–water partition coefficient (Wildman–Crippen LogP) is 8.19. The number of aliphatic hydroxyl groups excluding tert-OH is 2. The molecule has 2 aromatic rings. The molecule has 0 bridgehead atoms. The van der Waals surface area contributed by atoms with Crippen LogP contribution in [0.4, 0.5) is 4.39 Å². The van der Waals surface area contributed by atoms with Crippen LogP contribution in [0.15, 0.2) is 65.1 Å². The Kier molecular flexibility index (Phi) is 9.67. The van der Waals surface area contributed by atoms with Crippen LogP contribution >= 0.6 is 0 Å². The van der Waals surface area contributed by atoms with Crippen LogP contribution in [-0.4, -0.2) is 21.8 Å². The highest BCUT2D eigenvalue weighted by Gasteiger charge is 2.44. The minimum absolute atomic E-state index is 0.0157. The molecular formula is C31H37FO5. The number of aryl methyl sites for hydroxylation is 1. The van der Waals surface area contributed by atoms with Gasteiger partial charge in [0.15, 0.2) is 11.6 Å². The van der Waals surface area contributed by atoms with E-state index in [0.717, 1.165) is 11.1 Å². The van der Waals surface area contributed by atoms with Crippen molar-refractivity contribution < 1.29 is 28.9 Å². The first kappa shape index (κ1) is 28.2. The van der Waals surface area contributed by atoms with Gasteiger partial charge in [-0.05, 0) is 86.1 Å². The molecule has 0 aliphatic heterocycles. The Labute approximate surface area is 218 Å². The monoisotopic (exact) mass is 508 g/mol. The van der Waals surface area contributed by atoms with Gasteiger partial charge in [-0.15, -0.1) is 0 Å². The van der Waals surface area contributed by atoms with E-state index >= 15 is 0 Å². The van der Waals surface area contributed by atoms with Crippen molar-refractivity contribution in [1.82, 2.24) is 0 Å². The molecule has 1 aliphatic carbocycles. The fraction of sp³-hybridized carbons (Fsp3) is 0.419. The summed E-state index contributed by atoms with van der Waals surface area (Å²) in [6.07, 6.45) is 3.29. The topological polar surface area (TPSA) is 83.8 Å². The van der Waals surface area contributed by atoms with Crippen LogP contribution in [0, 0.1) is 18.7 Å². The van der Waals surface area contributed by atoms with Crippen LogP contribution in [-0.2, 0) is 9.59 Å². The lowest BCUT2D eigenvalue weighted by Gasteiger charge is -2.15. The summed E-state index contributed by atoms with van der Waals surface area (Å²) < 4.78 is 19.0. The molecule has 2 atom stereocenters. The molecule has 0 spiro atoms. The van der Waals surface area contributed by atoms with Crippen LogP contribution in [0.3, 0.4) is 0 Å². The van der Waals surface area contributed by atoms with E-state index in [1.165, 1.54) is 12.1 Å². The molecule has 37 heavy (non-hydrogen) atoms. The van der Waals surface area contributed by atoms with Crippen molar-refractivity contribution in [3.8, 4) is 11.5 Å². The molecule has 3 rings (SSSR count). The molecule has 0 heterocycles. The van der Waals surface area contributed by atoms with E-state index in [1.807, 2.05) is 45.9 Å².